The van der Waals surface area contributed by atoms with E-state index < -0.39 is 59.9 Å². The van der Waals surface area contributed by atoms with Crippen LogP contribution < -0.4 is 5.32 Å². The number of nitrogens with one attached hydrogen (secondary N) is 1. The largest absolute Gasteiger partial charge is 0.435 e. The van der Waals surface area contributed by atoms with Crippen LogP contribution >= 0.6 is 11.6 Å². The zero-order valence-corrected chi connectivity index (χ0v) is 22.9. The molecule has 0 radical (unpaired) electrons. The van der Waals surface area contributed by atoms with Gasteiger partial charge in [-0.3, -0.25) is 4.79 Å². The van der Waals surface area contributed by atoms with Crippen LogP contribution in [0.1, 0.15) is 67.1 Å². The van der Waals surface area contributed by atoms with Crippen molar-refractivity contribution in [3.8, 4) is 0 Å². The third-order valence-corrected chi connectivity index (χ3v) is 6.30. The molecule has 0 bridgehead atoms. The number of halogens is 8. The topological polar surface area (TPSA) is 72.3 Å². The highest BCUT2D eigenvalue weighted by molar-refractivity contribution is 6.29. The number of carbonyl (C=O) groups excluding carboxylic acids is 1. The highest BCUT2D eigenvalue weighted by Crippen LogP contribution is 2.47. The minimum atomic E-state index is -4.96. The Morgan fingerprint density at radius 1 is 1.12 bits per heavy atom. The van der Waals surface area contributed by atoms with Crippen molar-refractivity contribution in [2.24, 2.45) is 10.3 Å². The molecule has 0 spiro atoms. The molecule has 0 saturated heterocycles. The van der Waals surface area contributed by atoms with Crippen molar-refractivity contribution in [1.82, 2.24) is 5.32 Å². The van der Waals surface area contributed by atoms with Gasteiger partial charge in [0, 0.05) is 28.2 Å². The summed E-state index contributed by atoms with van der Waals surface area (Å²) < 4.78 is 96.1. The number of nitrogens with zero attached hydrogens (tertiary/aromatic N) is 2. The maximum Gasteiger partial charge on any atom is 0.435 e. The molecule has 220 valence electrons. The maximum atomic E-state index is 14.5. The first-order valence-electron chi connectivity index (χ1n) is 12.0. The van der Waals surface area contributed by atoms with Gasteiger partial charge in [-0.15, -0.1) is 0 Å². The lowest BCUT2D eigenvalue weighted by Crippen LogP contribution is -2.47. The van der Waals surface area contributed by atoms with E-state index in [0.717, 1.165) is 12.2 Å². The van der Waals surface area contributed by atoms with Crippen molar-refractivity contribution in [2.45, 2.75) is 83.7 Å². The van der Waals surface area contributed by atoms with Gasteiger partial charge < -0.3 is 15.0 Å². The number of benzene rings is 1. The van der Waals surface area contributed by atoms with Crippen molar-refractivity contribution >= 4 is 28.9 Å². The van der Waals surface area contributed by atoms with Gasteiger partial charge in [0.2, 0.25) is 6.23 Å². The number of carbonyl (C=O) groups is 1. The standard InChI is InChI=1S/C26H27ClF7N3O3/c1-13-8-16(9-14(2)21(13)22(38)35-20-11-19(37-39-20)25(29,30)31)18-12-24(40-36-18,26(32,33)34)17(10-15(3)27)6-7-23(4,5)28/h6,8-10,20H,7,11-12H2,1-5H3,(H,35,38)/b15-10+,17-6+. The number of oxime groups is 2. The molecule has 1 aromatic carbocycles. The van der Waals surface area contributed by atoms with Crippen LogP contribution in [0.4, 0.5) is 30.7 Å². The van der Waals surface area contributed by atoms with Gasteiger partial charge in [0.1, 0.15) is 5.67 Å². The second-order valence-corrected chi connectivity index (χ2v) is 10.8. The molecule has 2 aliphatic heterocycles. The number of allylic oxidation sites excluding steroid dienone is 2. The van der Waals surface area contributed by atoms with Crippen molar-refractivity contribution < 1.29 is 45.2 Å². The van der Waals surface area contributed by atoms with E-state index in [2.05, 4.69) is 20.5 Å². The number of hydrogen-bond donors (Lipinski definition) is 1. The first kappa shape index (κ1) is 31.4. The van der Waals surface area contributed by atoms with Crippen molar-refractivity contribution in [2.75, 3.05) is 0 Å². The van der Waals surface area contributed by atoms with Crippen LogP contribution in [0.15, 0.2) is 45.2 Å². The van der Waals surface area contributed by atoms with Gasteiger partial charge in [-0.2, -0.15) is 26.3 Å². The van der Waals surface area contributed by atoms with E-state index >= 15 is 0 Å². The van der Waals surface area contributed by atoms with Gasteiger partial charge in [0.25, 0.3) is 11.5 Å². The average molecular weight is 598 g/mol. The molecule has 6 nitrogen and oxygen atoms in total. The van der Waals surface area contributed by atoms with Crippen molar-refractivity contribution in [1.29, 1.82) is 0 Å². The normalized spacial score (nSPS) is 22.5. The molecular formula is C26H27ClF7N3O3. The Morgan fingerprint density at radius 2 is 1.73 bits per heavy atom. The lowest BCUT2D eigenvalue weighted by Gasteiger charge is -2.31. The molecule has 1 N–H and O–H groups in total. The summed E-state index contributed by atoms with van der Waals surface area (Å²) >= 11 is 5.90. The minimum absolute atomic E-state index is 0.0182. The van der Waals surface area contributed by atoms with Gasteiger partial charge in [-0.25, -0.2) is 4.39 Å². The summed E-state index contributed by atoms with van der Waals surface area (Å²) in [4.78, 5) is 22.5. The third-order valence-electron chi connectivity index (χ3n) is 6.20. The van der Waals surface area contributed by atoms with Crippen LogP contribution in [-0.4, -0.2) is 47.2 Å². The fraction of sp³-hybridized carbons (Fsp3) is 0.500. The average Bonchev–Trinajstić information content (AvgIpc) is 3.43. The highest BCUT2D eigenvalue weighted by Gasteiger charge is 2.63. The summed E-state index contributed by atoms with van der Waals surface area (Å²) in [5, 5.41) is 9.02. The van der Waals surface area contributed by atoms with Gasteiger partial charge in [0.15, 0.2) is 5.71 Å². The zero-order chi connectivity index (χ0) is 30.3. The van der Waals surface area contributed by atoms with Crippen molar-refractivity contribution in [3.63, 3.8) is 0 Å². The van der Waals surface area contributed by atoms with Gasteiger partial charge in [-0.1, -0.05) is 28.0 Å². The SMILES string of the molecule is C/C(Cl)=C\C(=C/CC(C)(C)F)C1(C(F)(F)F)CC(c2cc(C)c(C(=O)NC3CC(C(F)(F)F)=NO3)c(C)c2)=NO1. The van der Waals surface area contributed by atoms with Gasteiger partial charge in [-0.05, 0) is 70.4 Å². The molecule has 0 aliphatic carbocycles. The molecule has 1 aromatic rings. The lowest BCUT2D eigenvalue weighted by molar-refractivity contribution is -0.252. The van der Waals surface area contributed by atoms with Crippen LogP contribution in [-0.2, 0) is 9.68 Å². The summed E-state index contributed by atoms with van der Waals surface area (Å²) in [6.07, 6.45) is -10.6. The molecule has 2 atom stereocenters. The molecular weight excluding hydrogens is 571 g/mol. The number of rotatable bonds is 7. The number of alkyl halides is 7. The summed E-state index contributed by atoms with van der Waals surface area (Å²) in [5.74, 6) is -0.749. The first-order chi connectivity index (χ1) is 18.2. The molecule has 0 aromatic heterocycles. The third kappa shape index (κ3) is 6.97. The minimum Gasteiger partial charge on any atom is -0.374 e. The first-order valence-corrected chi connectivity index (χ1v) is 12.4. The Labute approximate surface area is 230 Å². The highest BCUT2D eigenvalue weighted by atomic mass is 35.5. The molecule has 14 heteroatoms. The Morgan fingerprint density at radius 3 is 2.20 bits per heavy atom. The van der Waals surface area contributed by atoms with E-state index in [1.54, 1.807) is 0 Å². The Bertz CT molecular complexity index is 1270. The van der Waals surface area contributed by atoms with Crippen LogP contribution in [0.2, 0.25) is 0 Å². The predicted octanol–water partition coefficient (Wildman–Crippen LogP) is 7.33. The number of aryl methyl sites for hydroxylation is 2. The predicted molar refractivity (Wildman–Crippen MR) is 135 cm³/mol. The number of hydrogen-bond acceptors (Lipinski definition) is 5. The van der Waals surface area contributed by atoms with E-state index in [0.29, 0.717) is 11.1 Å². The molecule has 1 amide bonds. The van der Waals surface area contributed by atoms with Gasteiger partial charge >= 0.3 is 12.4 Å². The molecule has 2 unspecified atom stereocenters. The summed E-state index contributed by atoms with van der Waals surface area (Å²) in [7, 11) is 0. The van der Waals surface area contributed by atoms with Crippen LogP contribution in [0.25, 0.3) is 0 Å². The van der Waals surface area contributed by atoms with E-state index in [4.69, 9.17) is 16.4 Å². The zero-order valence-electron chi connectivity index (χ0n) is 22.2. The van der Waals surface area contributed by atoms with Crippen LogP contribution in [0, 0.1) is 13.8 Å². The van der Waals surface area contributed by atoms with Gasteiger partial charge in [0.05, 0.1) is 12.1 Å². The van der Waals surface area contributed by atoms with E-state index in [1.165, 1.54) is 46.8 Å². The fourth-order valence-electron chi connectivity index (χ4n) is 4.29. The molecule has 0 saturated carbocycles. The second-order valence-electron chi connectivity index (χ2n) is 10.2. The quantitative estimate of drug-likeness (QED) is 0.264. The van der Waals surface area contributed by atoms with E-state index in [1.807, 2.05) is 0 Å². The molecule has 3 rings (SSSR count). The Hall–Kier alpha value is -3.09. The fourth-order valence-corrected chi connectivity index (χ4v) is 4.41. The molecule has 2 aliphatic rings. The molecule has 2 heterocycles. The smallest absolute Gasteiger partial charge is 0.374 e. The summed E-state index contributed by atoms with van der Waals surface area (Å²) in [6, 6.07) is 2.83. The van der Waals surface area contributed by atoms with Crippen LogP contribution in [0.5, 0.6) is 0 Å². The summed E-state index contributed by atoms with van der Waals surface area (Å²) in [6.45, 7) is 6.85. The lowest BCUT2D eigenvalue weighted by atomic mass is 9.84. The van der Waals surface area contributed by atoms with E-state index in [-0.39, 0.29) is 28.3 Å². The second kappa shape index (κ2) is 11.1. The van der Waals surface area contributed by atoms with Crippen LogP contribution in [0.3, 0.4) is 0 Å². The maximum absolute atomic E-state index is 14.5. The Kier molecular flexibility index (Phi) is 8.69. The van der Waals surface area contributed by atoms with E-state index in [9.17, 15) is 35.5 Å². The number of amides is 1. The Balaban J connectivity index is 1.88. The molecule has 40 heavy (non-hydrogen) atoms. The monoisotopic (exact) mass is 597 g/mol. The molecule has 0 fully saturated rings. The van der Waals surface area contributed by atoms with Crippen molar-refractivity contribution in [3.05, 3.63) is 57.1 Å². The summed E-state index contributed by atoms with van der Waals surface area (Å²) in [5.41, 5.74) is -5.42.